The monoisotopic (exact) mass is 626 g/mol. The van der Waals surface area contributed by atoms with Crippen molar-refractivity contribution in [3.63, 3.8) is 0 Å². The number of aromatic nitrogens is 3. The molecule has 1 atom stereocenters. The smallest absolute Gasteiger partial charge is 0.433 e. The molecule has 1 amide bonds. The van der Waals surface area contributed by atoms with Crippen molar-refractivity contribution in [3.05, 3.63) is 82.1 Å². The maximum absolute atomic E-state index is 14.7. The molecule has 1 aliphatic heterocycles. The molecule has 4 rings (SSSR count). The van der Waals surface area contributed by atoms with Gasteiger partial charge in [-0.2, -0.15) is 18.2 Å². The Morgan fingerprint density at radius 3 is 2.45 bits per heavy atom. The lowest BCUT2D eigenvalue weighted by Crippen LogP contribution is -2.36. The highest BCUT2D eigenvalue weighted by Gasteiger charge is 2.35. The maximum atomic E-state index is 14.7. The third-order valence-corrected chi connectivity index (χ3v) is 5.73. The molecule has 1 aliphatic rings. The number of carbonyl (C=O) groups excluding carboxylic acids is 2. The summed E-state index contributed by atoms with van der Waals surface area (Å²) in [5.74, 6) is -6.87. The molecule has 3 aromatic rings. The minimum atomic E-state index is -4.81. The van der Waals surface area contributed by atoms with E-state index < -0.39 is 78.2 Å². The largest absolute Gasteiger partial charge is 0.478 e. The quantitative estimate of drug-likeness (QED) is 0.159. The standard InChI is InChI=1S/C26H19F5N4O9/c1-13-10-34-20(35(13)25(40)43-12-42-22(38)3-2-21(36)37)9-19(33-24(34)39)41-11-14-6-16(27)23(17(28)7-14)44-15-4-5-32-18(8-15)26(29,30)31/h2-9,13H,10-12H2,1H3,(H,36,37). The number of fused-ring (bicyclic) bond motifs is 1. The molecule has 0 fully saturated rings. The number of carbonyl (C=O) groups is 3. The van der Waals surface area contributed by atoms with Crippen LogP contribution in [0.3, 0.4) is 0 Å². The molecule has 2 aromatic heterocycles. The van der Waals surface area contributed by atoms with Gasteiger partial charge < -0.3 is 24.1 Å². The average molecular weight is 626 g/mol. The van der Waals surface area contributed by atoms with Gasteiger partial charge in [0.1, 0.15) is 23.9 Å². The molecule has 44 heavy (non-hydrogen) atoms. The van der Waals surface area contributed by atoms with Crippen molar-refractivity contribution < 1.29 is 60.4 Å². The van der Waals surface area contributed by atoms with E-state index in [1.807, 2.05) is 0 Å². The van der Waals surface area contributed by atoms with Crippen LogP contribution in [0.1, 0.15) is 18.2 Å². The minimum Gasteiger partial charge on any atom is -0.478 e. The average Bonchev–Trinajstić information content (AvgIpc) is 3.28. The molecule has 1 aromatic carbocycles. The lowest BCUT2D eigenvalue weighted by atomic mass is 10.2. The van der Waals surface area contributed by atoms with Gasteiger partial charge in [0.05, 0.1) is 6.04 Å². The predicted molar refractivity (Wildman–Crippen MR) is 135 cm³/mol. The van der Waals surface area contributed by atoms with Crippen molar-refractivity contribution in [2.24, 2.45) is 0 Å². The minimum absolute atomic E-state index is 0.0114. The molecule has 3 heterocycles. The molecular formula is C26H19F5N4O9. The van der Waals surface area contributed by atoms with Crippen LogP contribution in [0.5, 0.6) is 17.4 Å². The number of hydrogen-bond acceptors (Lipinski definition) is 10. The lowest BCUT2D eigenvalue weighted by molar-refractivity contribution is -0.146. The van der Waals surface area contributed by atoms with Crippen molar-refractivity contribution in [3.8, 4) is 17.4 Å². The lowest BCUT2D eigenvalue weighted by Gasteiger charge is -2.20. The van der Waals surface area contributed by atoms with E-state index in [0.717, 1.165) is 33.9 Å². The Kier molecular flexibility index (Phi) is 9.10. The fourth-order valence-corrected chi connectivity index (χ4v) is 3.86. The van der Waals surface area contributed by atoms with Crippen molar-refractivity contribution >= 4 is 23.8 Å². The molecule has 232 valence electrons. The highest BCUT2D eigenvalue weighted by molar-refractivity contribution is 5.91. The van der Waals surface area contributed by atoms with Crippen LogP contribution in [0.25, 0.3) is 0 Å². The Hall–Kier alpha value is -5.55. The summed E-state index contributed by atoms with van der Waals surface area (Å²) in [6.07, 6.45) is -3.95. The number of alkyl halides is 3. The molecule has 0 saturated carbocycles. The fourth-order valence-electron chi connectivity index (χ4n) is 3.86. The van der Waals surface area contributed by atoms with Crippen LogP contribution < -0.4 is 20.1 Å². The van der Waals surface area contributed by atoms with Gasteiger partial charge in [-0.3, -0.25) is 14.5 Å². The molecule has 0 aliphatic carbocycles. The number of aliphatic carboxylic acids is 1. The second-order valence-corrected chi connectivity index (χ2v) is 8.88. The van der Waals surface area contributed by atoms with Gasteiger partial charge in [-0.05, 0) is 30.7 Å². The van der Waals surface area contributed by atoms with Crippen LogP contribution in [0.4, 0.5) is 32.6 Å². The van der Waals surface area contributed by atoms with Crippen molar-refractivity contribution in [1.29, 1.82) is 0 Å². The first-order valence-corrected chi connectivity index (χ1v) is 12.2. The number of nitrogens with zero attached hydrogens (tertiary/aromatic N) is 4. The zero-order valence-electron chi connectivity index (χ0n) is 22.2. The molecule has 1 unspecified atom stereocenters. The number of carboxylic acids is 1. The van der Waals surface area contributed by atoms with E-state index >= 15 is 0 Å². The fraction of sp³-hybridized carbons (Fsp3) is 0.231. The van der Waals surface area contributed by atoms with Gasteiger partial charge in [0.15, 0.2) is 17.4 Å². The summed E-state index contributed by atoms with van der Waals surface area (Å²) in [4.78, 5) is 55.0. The number of rotatable bonds is 9. The number of esters is 1. The van der Waals surface area contributed by atoms with E-state index in [-0.39, 0.29) is 23.8 Å². The van der Waals surface area contributed by atoms with Gasteiger partial charge in [0, 0.05) is 37.0 Å². The summed E-state index contributed by atoms with van der Waals surface area (Å²) in [5.41, 5.74) is -2.26. The number of carboxylic acid groups (broad SMARTS) is 1. The van der Waals surface area contributed by atoms with Crippen LogP contribution in [0.2, 0.25) is 0 Å². The molecule has 13 nitrogen and oxygen atoms in total. The third-order valence-electron chi connectivity index (χ3n) is 5.73. The summed E-state index contributed by atoms with van der Waals surface area (Å²) in [5, 5.41) is 8.50. The Morgan fingerprint density at radius 1 is 1.09 bits per heavy atom. The zero-order chi connectivity index (χ0) is 32.2. The molecule has 0 bridgehead atoms. The number of benzene rings is 1. The summed E-state index contributed by atoms with van der Waals surface area (Å²) < 4.78 is 88.9. The van der Waals surface area contributed by atoms with Gasteiger partial charge in [0.25, 0.3) is 0 Å². The first-order valence-electron chi connectivity index (χ1n) is 12.2. The van der Waals surface area contributed by atoms with Gasteiger partial charge in [-0.1, -0.05) is 0 Å². The summed E-state index contributed by atoms with van der Waals surface area (Å²) in [6.45, 7) is 0.181. The number of ether oxygens (including phenoxy) is 4. The van der Waals surface area contributed by atoms with Crippen molar-refractivity contribution in [2.75, 3.05) is 11.7 Å². The van der Waals surface area contributed by atoms with E-state index in [0.29, 0.717) is 18.2 Å². The summed E-state index contributed by atoms with van der Waals surface area (Å²) in [6, 6.07) is 3.60. The zero-order valence-corrected chi connectivity index (χ0v) is 22.2. The van der Waals surface area contributed by atoms with E-state index in [1.54, 1.807) is 6.92 Å². The SMILES string of the molecule is CC1Cn2c(cc(OCc3cc(F)c(Oc4ccnc(C(F)(F)F)c4)c(F)c3)nc2=O)N1C(=O)OCOC(=O)C=CC(=O)O. The van der Waals surface area contributed by atoms with Crippen LogP contribution in [-0.4, -0.2) is 50.5 Å². The Balaban J connectivity index is 1.44. The number of pyridine rings is 1. The van der Waals surface area contributed by atoms with E-state index in [1.165, 1.54) is 6.07 Å². The number of amides is 1. The molecule has 1 N–H and O–H groups in total. The summed E-state index contributed by atoms with van der Waals surface area (Å²) in [7, 11) is 0. The molecular weight excluding hydrogens is 607 g/mol. The van der Waals surface area contributed by atoms with Crippen LogP contribution in [-0.2, 0) is 38.4 Å². The second kappa shape index (κ2) is 12.8. The van der Waals surface area contributed by atoms with Gasteiger partial charge >= 0.3 is 29.9 Å². The maximum Gasteiger partial charge on any atom is 0.433 e. The van der Waals surface area contributed by atoms with Crippen LogP contribution in [0.15, 0.2) is 53.5 Å². The van der Waals surface area contributed by atoms with E-state index in [9.17, 15) is 41.1 Å². The number of hydrogen-bond donors (Lipinski definition) is 1. The molecule has 0 saturated heterocycles. The van der Waals surface area contributed by atoms with Gasteiger partial charge in [0.2, 0.25) is 12.7 Å². The third kappa shape index (κ3) is 7.44. The Bertz CT molecular complexity index is 1670. The van der Waals surface area contributed by atoms with Gasteiger partial charge in [-0.25, -0.2) is 28.0 Å². The molecule has 18 heteroatoms. The Labute approximate surface area is 242 Å². The second-order valence-electron chi connectivity index (χ2n) is 8.88. The highest BCUT2D eigenvalue weighted by atomic mass is 19.4. The van der Waals surface area contributed by atoms with Crippen LogP contribution in [0, 0.1) is 11.6 Å². The van der Waals surface area contributed by atoms with E-state index in [4.69, 9.17) is 19.3 Å². The van der Waals surface area contributed by atoms with Crippen molar-refractivity contribution in [1.82, 2.24) is 14.5 Å². The van der Waals surface area contributed by atoms with Crippen LogP contribution >= 0.6 is 0 Å². The number of halogens is 5. The van der Waals surface area contributed by atoms with E-state index in [2.05, 4.69) is 14.7 Å². The first kappa shape index (κ1) is 31.4. The molecule has 0 radical (unpaired) electrons. The number of anilines is 1. The highest BCUT2D eigenvalue weighted by Crippen LogP contribution is 2.33. The van der Waals surface area contributed by atoms with Gasteiger partial charge in [-0.15, -0.1) is 0 Å². The topological polar surface area (TPSA) is 159 Å². The normalized spacial score (nSPS) is 14.3. The molecule has 0 spiro atoms. The van der Waals surface area contributed by atoms with Crippen molar-refractivity contribution in [2.45, 2.75) is 32.3 Å². The first-order chi connectivity index (χ1) is 20.7. The Morgan fingerprint density at radius 2 is 1.80 bits per heavy atom. The summed E-state index contributed by atoms with van der Waals surface area (Å²) >= 11 is 0. The predicted octanol–water partition coefficient (Wildman–Crippen LogP) is 3.79.